The number of nitriles is 1. The number of hydrogen-bond acceptors (Lipinski definition) is 6. The predicted molar refractivity (Wildman–Crippen MR) is 151 cm³/mol. The van der Waals surface area contributed by atoms with Crippen molar-refractivity contribution in [3.63, 3.8) is 0 Å². The molecule has 2 aliphatic rings. The second kappa shape index (κ2) is 11.4. The van der Waals surface area contributed by atoms with Gasteiger partial charge in [0.25, 0.3) is 17.4 Å². The first-order valence-corrected chi connectivity index (χ1v) is 13.7. The maximum absolute atomic E-state index is 15.2. The number of alkyl halides is 2. The molecule has 15 heteroatoms. The summed E-state index contributed by atoms with van der Waals surface area (Å²) in [5, 5.41) is 14.0. The van der Waals surface area contributed by atoms with E-state index < -0.39 is 66.0 Å². The van der Waals surface area contributed by atoms with Gasteiger partial charge in [0.2, 0.25) is 0 Å². The molecule has 3 amide bonds. The Kier molecular flexibility index (Phi) is 7.97. The van der Waals surface area contributed by atoms with Crippen molar-refractivity contribution in [2.75, 3.05) is 30.3 Å². The lowest BCUT2D eigenvalue weighted by atomic mass is 10.2. The van der Waals surface area contributed by atoms with Crippen LogP contribution in [-0.4, -0.2) is 57.7 Å². The zero-order valence-corrected chi connectivity index (χ0v) is 23.8. The van der Waals surface area contributed by atoms with Crippen LogP contribution in [0.5, 0.6) is 0 Å². The average molecular weight is 619 g/mol. The van der Waals surface area contributed by atoms with Gasteiger partial charge in [-0.25, -0.2) is 22.8 Å². The molecule has 1 aromatic heterocycles. The number of anilines is 2. The van der Waals surface area contributed by atoms with Crippen molar-refractivity contribution in [3.05, 3.63) is 67.6 Å². The van der Waals surface area contributed by atoms with Crippen LogP contribution in [0.2, 0.25) is 5.02 Å². The molecule has 226 valence electrons. The molecule has 3 aromatic rings. The SMILES string of the molecule is CC(C)n1c(=O)n(C[C@H]2CC2(F)F)c(=O)c2cc(NC(=O)N3CCO[C@@H](C(=O)Nc4ccc(C#N)c(Cl)c4)C3)c(F)cc21. The van der Waals surface area contributed by atoms with E-state index >= 15 is 4.39 Å². The quantitative estimate of drug-likeness (QED) is 0.429. The minimum atomic E-state index is -2.96. The summed E-state index contributed by atoms with van der Waals surface area (Å²) >= 11 is 6.01. The molecule has 2 N–H and O–H groups in total. The number of carbonyl (C=O) groups is 2. The van der Waals surface area contributed by atoms with E-state index in [1.807, 2.05) is 6.07 Å². The number of morpholine rings is 1. The molecule has 43 heavy (non-hydrogen) atoms. The zero-order valence-electron chi connectivity index (χ0n) is 23.0. The van der Waals surface area contributed by atoms with Crippen LogP contribution in [0.1, 0.15) is 31.9 Å². The molecule has 2 heterocycles. The zero-order chi connectivity index (χ0) is 31.2. The Hall–Kier alpha value is -4.35. The second-order valence-corrected chi connectivity index (χ2v) is 11.1. The van der Waals surface area contributed by atoms with Crippen molar-refractivity contribution in [1.82, 2.24) is 14.0 Å². The molecule has 1 saturated carbocycles. The third-order valence-corrected chi connectivity index (χ3v) is 7.69. The van der Waals surface area contributed by atoms with Crippen LogP contribution in [0.15, 0.2) is 39.9 Å². The molecule has 0 unspecified atom stereocenters. The Morgan fingerprint density at radius 1 is 1.21 bits per heavy atom. The van der Waals surface area contributed by atoms with E-state index in [2.05, 4.69) is 10.6 Å². The normalized spacial score (nSPS) is 19.3. The summed E-state index contributed by atoms with van der Waals surface area (Å²) in [5.41, 5.74) is -1.56. The van der Waals surface area contributed by atoms with E-state index in [1.54, 1.807) is 13.8 Å². The van der Waals surface area contributed by atoms with Crippen molar-refractivity contribution < 1.29 is 27.5 Å². The number of amides is 3. The van der Waals surface area contributed by atoms with Gasteiger partial charge >= 0.3 is 11.7 Å². The van der Waals surface area contributed by atoms with Gasteiger partial charge in [0, 0.05) is 43.2 Å². The monoisotopic (exact) mass is 618 g/mol. The molecule has 1 aliphatic heterocycles. The first-order chi connectivity index (χ1) is 20.3. The topological polar surface area (TPSA) is 138 Å². The van der Waals surface area contributed by atoms with Gasteiger partial charge in [-0.05, 0) is 38.1 Å². The highest BCUT2D eigenvalue weighted by Crippen LogP contribution is 2.49. The van der Waals surface area contributed by atoms with Gasteiger partial charge in [-0.1, -0.05) is 11.6 Å². The van der Waals surface area contributed by atoms with Gasteiger partial charge in [-0.15, -0.1) is 0 Å². The van der Waals surface area contributed by atoms with E-state index in [9.17, 15) is 28.0 Å². The van der Waals surface area contributed by atoms with Gasteiger partial charge in [0.05, 0.1) is 40.3 Å². The summed E-state index contributed by atoms with van der Waals surface area (Å²) in [5.74, 6) is -5.63. The third-order valence-electron chi connectivity index (χ3n) is 7.38. The molecule has 0 radical (unpaired) electrons. The van der Waals surface area contributed by atoms with Crippen LogP contribution in [-0.2, 0) is 16.1 Å². The predicted octanol–water partition coefficient (Wildman–Crippen LogP) is 3.93. The van der Waals surface area contributed by atoms with Gasteiger partial charge in [-0.2, -0.15) is 5.26 Å². The third kappa shape index (κ3) is 5.95. The van der Waals surface area contributed by atoms with Crippen LogP contribution in [0, 0.1) is 23.1 Å². The number of carbonyl (C=O) groups excluding carboxylic acids is 2. The first-order valence-electron chi connectivity index (χ1n) is 13.3. The van der Waals surface area contributed by atoms with Crippen LogP contribution in [0.3, 0.4) is 0 Å². The van der Waals surface area contributed by atoms with E-state index in [1.165, 1.54) is 23.1 Å². The number of hydrogen-bond donors (Lipinski definition) is 2. The van der Waals surface area contributed by atoms with Crippen LogP contribution >= 0.6 is 11.6 Å². The van der Waals surface area contributed by atoms with E-state index in [0.717, 1.165) is 21.3 Å². The Bertz CT molecular complexity index is 1800. The number of nitrogens with zero attached hydrogens (tertiary/aromatic N) is 4. The highest BCUT2D eigenvalue weighted by Gasteiger charge is 2.57. The van der Waals surface area contributed by atoms with Crippen LogP contribution < -0.4 is 21.9 Å². The molecule has 1 aliphatic carbocycles. The molecule has 0 spiro atoms. The summed E-state index contributed by atoms with van der Waals surface area (Å²) in [6.07, 6.45) is -1.52. The molecule has 5 rings (SSSR count). The van der Waals surface area contributed by atoms with E-state index in [4.69, 9.17) is 21.6 Å². The van der Waals surface area contributed by atoms with Crippen molar-refractivity contribution in [1.29, 1.82) is 5.26 Å². The number of halogens is 4. The highest BCUT2D eigenvalue weighted by atomic mass is 35.5. The van der Waals surface area contributed by atoms with Gasteiger partial charge in [0.1, 0.15) is 11.9 Å². The largest absolute Gasteiger partial charge is 0.365 e. The Labute approximate surface area is 247 Å². The number of nitrogens with one attached hydrogen (secondary N) is 2. The standard InChI is InChI=1S/C28H26ClF3N6O5/c1-14(2)38-22-9-20(30)21(8-18(22)25(40)37(27(38)42)12-16-10-28(16,31)32)35-26(41)36-5-6-43-23(13-36)24(39)34-17-4-3-15(11-33)19(29)7-17/h3-4,7-9,14,16,23H,5-6,10,12-13H2,1-2H3,(H,34,39)(H,35,41)/t16-,23-/m1/s1. The highest BCUT2D eigenvalue weighted by molar-refractivity contribution is 6.32. The lowest BCUT2D eigenvalue weighted by Gasteiger charge is -2.32. The fourth-order valence-electron chi connectivity index (χ4n) is 4.94. The van der Waals surface area contributed by atoms with Crippen molar-refractivity contribution in [3.8, 4) is 6.07 Å². The van der Waals surface area contributed by atoms with Gasteiger partial charge in [-0.3, -0.25) is 18.7 Å². The van der Waals surface area contributed by atoms with E-state index in [-0.39, 0.29) is 46.9 Å². The summed E-state index contributed by atoms with van der Waals surface area (Å²) in [6.45, 7) is 2.66. The molecular formula is C28H26ClF3N6O5. The lowest BCUT2D eigenvalue weighted by Crippen LogP contribution is -2.51. The number of rotatable bonds is 6. The molecule has 2 atom stereocenters. The molecule has 0 bridgehead atoms. The summed E-state index contributed by atoms with van der Waals surface area (Å²) in [6, 6.07) is 6.95. The maximum atomic E-state index is 15.2. The smallest absolute Gasteiger partial charge is 0.331 e. The maximum Gasteiger partial charge on any atom is 0.331 e. The van der Waals surface area contributed by atoms with E-state index in [0.29, 0.717) is 5.69 Å². The fourth-order valence-corrected chi connectivity index (χ4v) is 5.16. The van der Waals surface area contributed by atoms with Gasteiger partial charge < -0.3 is 20.3 Å². The van der Waals surface area contributed by atoms with Crippen molar-refractivity contribution in [2.24, 2.45) is 5.92 Å². The average Bonchev–Trinajstić information content (AvgIpc) is 3.57. The molecule has 2 fully saturated rings. The molecular weight excluding hydrogens is 593 g/mol. The molecule has 2 aromatic carbocycles. The summed E-state index contributed by atoms with van der Waals surface area (Å²) < 4.78 is 49.8. The summed E-state index contributed by atoms with van der Waals surface area (Å²) in [4.78, 5) is 53.4. The number of fused-ring (bicyclic) bond motifs is 1. The Morgan fingerprint density at radius 3 is 2.56 bits per heavy atom. The molecule has 1 saturated heterocycles. The number of ether oxygens (including phenoxy) is 1. The number of urea groups is 1. The molecule has 11 nitrogen and oxygen atoms in total. The lowest BCUT2D eigenvalue weighted by molar-refractivity contribution is -0.131. The second-order valence-electron chi connectivity index (χ2n) is 10.7. The van der Waals surface area contributed by atoms with Crippen molar-refractivity contribution >= 4 is 45.8 Å². The van der Waals surface area contributed by atoms with Gasteiger partial charge in [0.15, 0.2) is 6.10 Å². The number of benzene rings is 2. The van der Waals surface area contributed by atoms with Crippen LogP contribution in [0.25, 0.3) is 10.9 Å². The first kappa shape index (κ1) is 30.1. The Morgan fingerprint density at radius 2 is 1.93 bits per heavy atom. The number of aromatic nitrogens is 2. The fraction of sp³-hybridized carbons (Fsp3) is 0.393. The van der Waals surface area contributed by atoms with Crippen molar-refractivity contribution in [2.45, 2.75) is 44.9 Å². The summed E-state index contributed by atoms with van der Waals surface area (Å²) in [7, 11) is 0. The van der Waals surface area contributed by atoms with Crippen LogP contribution in [0.4, 0.5) is 29.3 Å². The minimum absolute atomic E-state index is 0.00297. The minimum Gasteiger partial charge on any atom is -0.365 e. The Balaban J connectivity index is 1.36.